The number of aliphatic hydroxyl groups is 1. The molecule has 6 nitrogen and oxygen atoms in total. The number of hydrogen-bond donors (Lipinski definition) is 4. The van der Waals surface area contributed by atoms with Crippen molar-refractivity contribution in [3.8, 4) is 0 Å². The van der Waals surface area contributed by atoms with Gasteiger partial charge in [-0.2, -0.15) is 0 Å². The Balaban J connectivity index is 3.69. The number of aliphatic hydroxyl groups excluding tert-OH is 1. The van der Waals surface area contributed by atoms with Gasteiger partial charge in [0.15, 0.2) is 5.96 Å². The van der Waals surface area contributed by atoms with Gasteiger partial charge in [0.05, 0.1) is 0 Å². The number of carbonyl (C=O) groups is 1. The third kappa shape index (κ3) is 7.75. The van der Waals surface area contributed by atoms with Crippen LogP contribution in [-0.4, -0.2) is 35.7 Å². The lowest BCUT2D eigenvalue weighted by molar-refractivity contribution is -0.130. The maximum absolute atomic E-state index is 11.2. The van der Waals surface area contributed by atoms with Crippen molar-refractivity contribution in [2.24, 2.45) is 16.5 Å². The SMILES string of the molecule is CC(C)NC(=O)C(O)CCCN=C(N)N. The van der Waals surface area contributed by atoms with Crippen LogP contribution >= 0.6 is 0 Å². The predicted molar refractivity (Wildman–Crippen MR) is 59.2 cm³/mol. The summed E-state index contributed by atoms with van der Waals surface area (Å²) in [5.74, 6) is -0.328. The molecule has 0 aliphatic carbocycles. The molecule has 0 radical (unpaired) electrons. The monoisotopic (exact) mass is 216 g/mol. The molecule has 0 saturated heterocycles. The average molecular weight is 216 g/mol. The normalized spacial score (nSPS) is 12.3. The molecule has 0 aromatic carbocycles. The quantitative estimate of drug-likeness (QED) is 0.257. The summed E-state index contributed by atoms with van der Waals surface area (Å²) in [4.78, 5) is 15.0. The zero-order chi connectivity index (χ0) is 11.8. The molecule has 6 N–H and O–H groups in total. The van der Waals surface area contributed by atoms with Gasteiger partial charge in [-0.05, 0) is 26.7 Å². The van der Waals surface area contributed by atoms with Crippen LogP contribution in [0.25, 0.3) is 0 Å². The second kappa shape index (κ2) is 7.05. The van der Waals surface area contributed by atoms with E-state index in [0.717, 1.165) is 0 Å². The lowest BCUT2D eigenvalue weighted by Gasteiger charge is -2.12. The highest BCUT2D eigenvalue weighted by Crippen LogP contribution is 1.98. The minimum atomic E-state index is -0.985. The molecule has 0 aromatic heterocycles. The van der Waals surface area contributed by atoms with Crippen LogP contribution in [0, 0.1) is 0 Å². The summed E-state index contributed by atoms with van der Waals surface area (Å²) in [7, 11) is 0. The highest BCUT2D eigenvalue weighted by molar-refractivity contribution is 5.80. The lowest BCUT2D eigenvalue weighted by atomic mass is 10.2. The summed E-state index contributed by atoms with van der Waals surface area (Å²) in [6.45, 7) is 4.10. The van der Waals surface area contributed by atoms with Crippen molar-refractivity contribution in [3.05, 3.63) is 0 Å². The Kier molecular flexibility index (Phi) is 6.44. The summed E-state index contributed by atoms with van der Waals surface area (Å²) in [6.07, 6.45) is -0.0542. The highest BCUT2D eigenvalue weighted by atomic mass is 16.3. The molecular formula is C9H20N4O2. The molecule has 0 aliphatic rings. The summed E-state index contributed by atoms with van der Waals surface area (Å²) in [6, 6.07) is 0.0323. The average Bonchev–Trinajstić information content (AvgIpc) is 2.10. The molecule has 0 rings (SSSR count). The molecule has 6 heteroatoms. The fraction of sp³-hybridized carbons (Fsp3) is 0.778. The van der Waals surface area contributed by atoms with Gasteiger partial charge in [-0.25, -0.2) is 0 Å². The predicted octanol–water partition coefficient (Wildman–Crippen LogP) is -1.07. The molecule has 1 amide bonds. The fourth-order valence-electron chi connectivity index (χ4n) is 1.00. The molecule has 0 fully saturated rings. The highest BCUT2D eigenvalue weighted by Gasteiger charge is 2.14. The van der Waals surface area contributed by atoms with E-state index in [2.05, 4.69) is 10.3 Å². The van der Waals surface area contributed by atoms with E-state index < -0.39 is 6.10 Å². The van der Waals surface area contributed by atoms with Crippen molar-refractivity contribution in [1.29, 1.82) is 0 Å². The van der Waals surface area contributed by atoms with Gasteiger partial charge in [-0.3, -0.25) is 9.79 Å². The Hall–Kier alpha value is -1.30. The number of nitrogens with zero attached hydrogens (tertiary/aromatic N) is 1. The third-order valence-electron chi connectivity index (χ3n) is 1.66. The molecule has 0 aromatic rings. The van der Waals surface area contributed by atoms with Crippen LogP contribution < -0.4 is 16.8 Å². The minimum absolute atomic E-state index is 0.0242. The molecule has 1 atom stereocenters. The zero-order valence-corrected chi connectivity index (χ0v) is 9.23. The second-order valence-corrected chi connectivity index (χ2v) is 3.63. The number of hydrogen-bond acceptors (Lipinski definition) is 3. The number of aliphatic imine (C=N–C) groups is 1. The standard InChI is InChI=1S/C9H20N4O2/c1-6(2)13-8(15)7(14)4-3-5-12-9(10)11/h6-7,14H,3-5H2,1-2H3,(H,13,15)(H4,10,11,12). The van der Waals surface area contributed by atoms with Gasteiger partial charge in [-0.15, -0.1) is 0 Å². The van der Waals surface area contributed by atoms with Crippen molar-refractivity contribution >= 4 is 11.9 Å². The Labute approximate surface area is 89.7 Å². The molecule has 0 spiro atoms. The number of rotatable bonds is 6. The van der Waals surface area contributed by atoms with Crippen LogP contribution in [-0.2, 0) is 4.79 Å². The van der Waals surface area contributed by atoms with Crippen molar-refractivity contribution in [3.63, 3.8) is 0 Å². The summed E-state index contributed by atoms with van der Waals surface area (Å²) in [5.41, 5.74) is 10.2. The molecule has 0 aliphatic heterocycles. The zero-order valence-electron chi connectivity index (χ0n) is 9.23. The fourth-order valence-corrected chi connectivity index (χ4v) is 1.00. The largest absolute Gasteiger partial charge is 0.383 e. The van der Waals surface area contributed by atoms with E-state index in [-0.39, 0.29) is 17.9 Å². The van der Waals surface area contributed by atoms with Crippen molar-refractivity contribution in [1.82, 2.24) is 5.32 Å². The maximum Gasteiger partial charge on any atom is 0.249 e. The van der Waals surface area contributed by atoms with Gasteiger partial charge in [0.2, 0.25) is 5.91 Å². The number of carbonyl (C=O) groups excluding carboxylic acids is 1. The molecule has 0 saturated carbocycles. The first-order chi connectivity index (χ1) is 6.93. The van der Waals surface area contributed by atoms with Gasteiger partial charge in [0.1, 0.15) is 6.10 Å². The second-order valence-electron chi connectivity index (χ2n) is 3.63. The van der Waals surface area contributed by atoms with E-state index in [9.17, 15) is 9.90 Å². The van der Waals surface area contributed by atoms with Crippen LogP contribution in [0.1, 0.15) is 26.7 Å². The lowest BCUT2D eigenvalue weighted by Crippen LogP contribution is -2.38. The summed E-state index contributed by atoms with van der Waals surface area (Å²) in [5, 5.41) is 12.0. The van der Waals surface area contributed by atoms with Crippen LogP contribution in [0.2, 0.25) is 0 Å². The van der Waals surface area contributed by atoms with Crippen LogP contribution in [0.15, 0.2) is 4.99 Å². The van der Waals surface area contributed by atoms with E-state index >= 15 is 0 Å². The summed E-state index contributed by atoms with van der Waals surface area (Å²) >= 11 is 0. The Morgan fingerprint density at radius 1 is 1.47 bits per heavy atom. The Morgan fingerprint density at radius 2 is 2.07 bits per heavy atom. The molecule has 0 bridgehead atoms. The minimum Gasteiger partial charge on any atom is -0.383 e. The van der Waals surface area contributed by atoms with E-state index in [1.807, 2.05) is 13.8 Å². The topological polar surface area (TPSA) is 114 Å². The van der Waals surface area contributed by atoms with Gasteiger partial charge < -0.3 is 21.9 Å². The first-order valence-corrected chi connectivity index (χ1v) is 4.97. The molecule has 1 unspecified atom stereocenters. The Bertz CT molecular complexity index is 224. The Morgan fingerprint density at radius 3 is 2.53 bits per heavy atom. The van der Waals surface area contributed by atoms with Crippen molar-refractivity contribution < 1.29 is 9.90 Å². The summed E-state index contributed by atoms with van der Waals surface area (Å²) < 4.78 is 0. The number of nitrogens with one attached hydrogen (secondary N) is 1. The van der Waals surface area contributed by atoms with Gasteiger partial charge in [0.25, 0.3) is 0 Å². The first-order valence-electron chi connectivity index (χ1n) is 4.97. The first kappa shape index (κ1) is 13.7. The van der Waals surface area contributed by atoms with Gasteiger partial charge in [0, 0.05) is 12.6 Å². The molecular weight excluding hydrogens is 196 g/mol. The number of guanidine groups is 1. The van der Waals surface area contributed by atoms with Crippen LogP contribution in [0.3, 0.4) is 0 Å². The number of amides is 1. The van der Waals surface area contributed by atoms with Crippen LogP contribution in [0.5, 0.6) is 0 Å². The van der Waals surface area contributed by atoms with E-state index in [4.69, 9.17) is 11.5 Å². The van der Waals surface area contributed by atoms with E-state index in [0.29, 0.717) is 19.4 Å². The molecule has 0 heterocycles. The van der Waals surface area contributed by atoms with E-state index in [1.165, 1.54) is 0 Å². The van der Waals surface area contributed by atoms with E-state index in [1.54, 1.807) is 0 Å². The van der Waals surface area contributed by atoms with Gasteiger partial charge in [-0.1, -0.05) is 0 Å². The number of nitrogens with two attached hydrogens (primary N) is 2. The van der Waals surface area contributed by atoms with Crippen molar-refractivity contribution in [2.75, 3.05) is 6.54 Å². The molecule has 88 valence electrons. The van der Waals surface area contributed by atoms with Crippen molar-refractivity contribution in [2.45, 2.75) is 38.8 Å². The molecule has 15 heavy (non-hydrogen) atoms. The smallest absolute Gasteiger partial charge is 0.249 e. The maximum atomic E-state index is 11.2. The third-order valence-corrected chi connectivity index (χ3v) is 1.66. The van der Waals surface area contributed by atoms with Crippen LogP contribution in [0.4, 0.5) is 0 Å². The van der Waals surface area contributed by atoms with Gasteiger partial charge >= 0.3 is 0 Å².